The summed E-state index contributed by atoms with van der Waals surface area (Å²) >= 11 is 1.47. The zero-order valence-electron chi connectivity index (χ0n) is 10.6. The molecular weight excluding hydrogens is 253 g/mol. The Kier molecular flexibility index (Phi) is 5.62. The fraction of sp³-hybridized carbons (Fsp3) is 0.462. The van der Waals surface area contributed by atoms with E-state index in [2.05, 4.69) is 0 Å². The quantitative estimate of drug-likeness (QED) is 0.638. The van der Waals surface area contributed by atoms with E-state index < -0.39 is 11.5 Å². The molecular formula is C13H18FNO2S. The fourth-order valence-electron chi connectivity index (χ4n) is 1.34. The van der Waals surface area contributed by atoms with Gasteiger partial charge in [-0.1, -0.05) is 6.07 Å². The third-order valence-electron chi connectivity index (χ3n) is 2.43. The Hall–Kier alpha value is -1.07. The lowest BCUT2D eigenvalue weighted by atomic mass is 10.0. The first-order valence-electron chi connectivity index (χ1n) is 5.80. The van der Waals surface area contributed by atoms with Crippen LogP contribution in [-0.4, -0.2) is 23.9 Å². The zero-order chi connectivity index (χ0) is 13.6. The van der Waals surface area contributed by atoms with Gasteiger partial charge in [0.15, 0.2) is 0 Å². The first kappa shape index (κ1) is 15.0. The Morgan fingerprint density at radius 1 is 1.56 bits per heavy atom. The molecule has 0 fully saturated rings. The Morgan fingerprint density at radius 3 is 2.89 bits per heavy atom. The highest BCUT2D eigenvalue weighted by atomic mass is 32.2. The van der Waals surface area contributed by atoms with E-state index in [1.807, 2.05) is 6.07 Å². The zero-order valence-corrected chi connectivity index (χ0v) is 11.4. The van der Waals surface area contributed by atoms with Crippen LogP contribution >= 0.6 is 11.8 Å². The van der Waals surface area contributed by atoms with Crippen molar-refractivity contribution < 1.29 is 13.9 Å². The molecule has 1 aromatic rings. The third kappa shape index (κ3) is 4.66. The summed E-state index contributed by atoms with van der Waals surface area (Å²) in [7, 11) is 0. The summed E-state index contributed by atoms with van der Waals surface area (Å²) in [6.07, 6.45) is 0.479. The van der Waals surface area contributed by atoms with Crippen LogP contribution in [0.5, 0.6) is 0 Å². The van der Waals surface area contributed by atoms with Crippen molar-refractivity contribution in [3.05, 3.63) is 30.1 Å². The van der Waals surface area contributed by atoms with Crippen LogP contribution in [-0.2, 0) is 9.53 Å². The first-order valence-corrected chi connectivity index (χ1v) is 6.79. The minimum Gasteiger partial charge on any atom is -0.465 e. The Morgan fingerprint density at radius 2 is 2.28 bits per heavy atom. The maximum atomic E-state index is 12.9. The molecule has 5 heteroatoms. The van der Waals surface area contributed by atoms with Crippen molar-refractivity contribution in [1.82, 2.24) is 0 Å². The van der Waals surface area contributed by atoms with Crippen LogP contribution < -0.4 is 5.73 Å². The van der Waals surface area contributed by atoms with Gasteiger partial charge in [0.1, 0.15) is 11.4 Å². The Bertz CT molecular complexity index is 410. The lowest BCUT2D eigenvalue weighted by molar-refractivity contribution is -0.149. The van der Waals surface area contributed by atoms with Crippen LogP contribution in [0, 0.1) is 5.82 Å². The summed E-state index contributed by atoms with van der Waals surface area (Å²) in [5, 5.41) is 0. The van der Waals surface area contributed by atoms with Crippen LogP contribution in [0.3, 0.4) is 0 Å². The van der Waals surface area contributed by atoms with E-state index in [-0.39, 0.29) is 5.82 Å². The molecule has 0 amide bonds. The maximum absolute atomic E-state index is 12.9. The van der Waals surface area contributed by atoms with Gasteiger partial charge in [-0.15, -0.1) is 11.8 Å². The fourth-order valence-corrected chi connectivity index (χ4v) is 2.47. The van der Waals surface area contributed by atoms with Crippen molar-refractivity contribution in [2.75, 3.05) is 12.4 Å². The topological polar surface area (TPSA) is 52.3 Å². The Labute approximate surface area is 111 Å². The predicted octanol–water partition coefficient (Wildman–Crippen LogP) is 2.59. The minimum atomic E-state index is -0.990. The number of hydrogen-bond donors (Lipinski definition) is 1. The molecule has 0 aliphatic rings. The molecule has 1 unspecified atom stereocenters. The predicted molar refractivity (Wildman–Crippen MR) is 71.0 cm³/mol. The van der Waals surface area contributed by atoms with Crippen LogP contribution in [0.4, 0.5) is 4.39 Å². The largest absolute Gasteiger partial charge is 0.465 e. The highest BCUT2D eigenvalue weighted by Crippen LogP contribution is 2.22. The van der Waals surface area contributed by atoms with Crippen molar-refractivity contribution in [1.29, 1.82) is 0 Å². The summed E-state index contributed by atoms with van der Waals surface area (Å²) in [5.74, 6) is -0.0272. The lowest BCUT2D eigenvalue weighted by Gasteiger charge is -2.21. The molecule has 100 valence electrons. The second-order valence-corrected chi connectivity index (χ2v) is 5.36. The summed E-state index contributed by atoms with van der Waals surface area (Å²) in [6, 6.07) is 6.34. The van der Waals surface area contributed by atoms with Gasteiger partial charge < -0.3 is 10.5 Å². The van der Waals surface area contributed by atoms with E-state index in [0.29, 0.717) is 18.8 Å². The monoisotopic (exact) mass is 271 g/mol. The van der Waals surface area contributed by atoms with Crippen molar-refractivity contribution in [2.24, 2.45) is 5.73 Å². The SMILES string of the molecule is CCOC(=O)C(C)(N)CCSc1cccc(F)c1. The van der Waals surface area contributed by atoms with Crippen molar-refractivity contribution >= 4 is 17.7 Å². The number of esters is 1. The number of benzene rings is 1. The number of hydrogen-bond acceptors (Lipinski definition) is 4. The van der Waals surface area contributed by atoms with Gasteiger partial charge in [0.25, 0.3) is 0 Å². The van der Waals surface area contributed by atoms with Crippen LogP contribution in [0.15, 0.2) is 29.2 Å². The molecule has 1 atom stereocenters. The number of ether oxygens (including phenoxy) is 1. The second-order valence-electron chi connectivity index (χ2n) is 4.19. The van der Waals surface area contributed by atoms with Crippen LogP contribution in [0.25, 0.3) is 0 Å². The smallest absolute Gasteiger partial charge is 0.325 e. The van der Waals surface area contributed by atoms with Gasteiger partial charge in [0, 0.05) is 10.6 Å². The average molecular weight is 271 g/mol. The second kappa shape index (κ2) is 6.75. The summed E-state index contributed by atoms with van der Waals surface area (Å²) in [5.41, 5.74) is 4.89. The molecule has 0 aliphatic carbocycles. The summed E-state index contributed by atoms with van der Waals surface area (Å²) < 4.78 is 17.8. The third-order valence-corrected chi connectivity index (χ3v) is 3.42. The number of carbonyl (C=O) groups excluding carboxylic acids is 1. The van der Waals surface area contributed by atoms with Crippen molar-refractivity contribution in [3.8, 4) is 0 Å². The van der Waals surface area contributed by atoms with Crippen LogP contribution in [0.2, 0.25) is 0 Å². The van der Waals surface area contributed by atoms with E-state index in [4.69, 9.17) is 10.5 Å². The molecule has 1 aromatic carbocycles. The van der Waals surface area contributed by atoms with E-state index in [0.717, 1.165) is 4.90 Å². The molecule has 0 aliphatic heterocycles. The van der Waals surface area contributed by atoms with Crippen molar-refractivity contribution in [3.63, 3.8) is 0 Å². The van der Waals surface area contributed by atoms with Crippen molar-refractivity contribution in [2.45, 2.75) is 30.7 Å². The molecule has 0 aromatic heterocycles. The van der Waals surface area contributed by atoms with E-state index in [1.54, 1.807) is 19.9 Å². The van der Waals surface area contributed by atoms with E-state index >= 15 is 0 Å². The lowest BCUT2D eigenvalue weighted by Crippen LogP contribution is -2.46. The molecule has 1 rings (SSSR count). The van der Waals surface area contributed by atoms with Gasteiger partial charge in [0.2, 0.25) is 0 Å². The molecule has 0 saturated heterocycles. The molecule has 3 nitrogen and oxygen atoms in total. The van der Waals surface area contributed by atoms with E-state index in [1.165, 1.54) is 23.9 Å². The highest BCUT2D eigenvalue weighted by Gasteiger charge is 2.29. The number of halogens is 1. The first-order chi connectivity index (χ1) is 8.45. The van der Waals surface area contributed by atoms with Crippen LogP contribution in [0.1, 0.15) is 20.3 Å². The molecule has 18 heavy (non-hydrogen) atoms. The van der Waals surface area contributed by atoms with Gasteiger partial charge in [-0.2, -0.15) is 0 Å². The van der Waals surface area contributed by atoms with Gasteiger partial charge >= 0.3 is 5.97 Å². The molecule has 0 saturated carbocycles. The van der Waals surface area contributed by atoms with Gasteiger partial charge in [-0.25, -0.2) is 4.39 Å². The van der Waals surface area contributed by atoms with Gasteiger partial charge in [-0.3, -0.25) is 4.79 Å². The molecule has 2 N–H and O–H groups in total. The number of rotatable bonds is 6. The molecule has 0 radical (unpaired) electrons. The Balaban J connectivity index is 2.43. The van der Waals surface area contributed by atoms with Gasteiger partial charge in [0.05, 0.1) is 6.61 Å². The van der Waals surface area contributed by atoms with Gasteiger partial charge in [-0.05, 0) is 38.5 Å². The van der Waals surface area contributed by atoms with E-state index in [9.17, 15) is 9.18 Å². The average Bonchev–Trinajstić information content (AvgIpc) is 2.29. The summed E-state index contributed by atoms with van der Waals surface area (Å²) in [4.78, 5) is 12.4. The molecule has 0 heterocycles. The minimum absolute atomic E-state index is 0.263. The number of nitrogens with two attached hydrogens (primary N) is 1. The maximum Gasteiger partial charge on any atom is 0.325 e. The highest BCUT2D eigenvalue weighted by molar-refractivity contribution is 7.99. The molecule has 0 bridgehead atoms. The summed E-state index contributed by atoms with van der Waals surface area (Å²) in [6.45, 7) is 3.72. The normalized spacial score (nSPS) is 14.0. The number of thioether (sulfide) groups is 1. The standard InChI is InChI=1S/C13H18FNO2S/c1-3-17-12(16)13(2,15)7-8-18-11-6-4-5-10(14)9-11/h4-6,9H,3,7-8,15H2,1-2H3. The molecule has 0 spiro atoms. The number of carbonyl (C=O) groups is 1.